The Hall–Kier alpha value is -0.380. The molecule has 1 aliphatic carbocycles. The van der Waals surface area contributed by atoms with Gasteiger partial charge in [0.2, 0.25) is 0 Å². The summed E-state index contributed by atoms with van der Waals surface area (Å²) in [7, 11) is 2.30. The highest BCUT2D eigenvalue weighted by Crippen LogP contribution is 2.30. The molecule has 1 aliphatic rings. The fourth-order valence-corrected chi connectivity index (χ4v) is 3.92. The normalized spacial score (nSPS) is 25.7. The smallest absolute Gasteiger partial charge is 0.0413 e. The van der Waals surface area contributed by atoms with Crippen molar-refractivity contribution in [1.29, 1.82) is 0 Å². The molecule has 1 fully saturated rings. The van der Waals surface area contributed by atoms with E-state index in [1.165, 1.54) is 43.5 Å². The van der Waals surface area contributed by atoms with Crippen LogP contribution in [-0.2, 0) is 0 Å². The second-order valence-electron chi connectivity index (χ2n) is 5.82. The monoisotopic (exact) mass is 280 g/mol. The van der Waals surface area contributed by atoms with Crippen molar-refractivity contribution in [3.8, 4) is 0 Å². The van der Waals surface area contributed by atoms with Crippen LogP contribution in [0.4, 0.5) is 0 Å². The molecular formula is C16H28N2S. The van der Waals surface area contributed by atoms with E-state index in [4.69, 9.17) is 0 Å². The van der Waals surface area contributed by atoms with Crippen LogP contribution in [0.5, 0.6) is 0 Å². The number of rotatable bonds is 6. The molecule has 0 bridgehead atoms. The zero-order valence-corrected chi connectivity index (χ0v) is 13.4. The van der Waals surface area contributed by atoms with Crippen LogP contribution in [0.2, 0.25) is 0 Å². The van der Waals surface area contributed by atoms with E-state index in [0.717, 1.165) is 12.1 Å². The first kappa shape index (κ1) is 15.0. The quantitative estimate of drug-likeness (QED) is 0.845. The highest BCUT2D eigenvalue weighted by molar-refractivity contribution is 7.10. The number of nitrogens with zero attached hydrogens (tertiary/aromatic N) is 1. The van der Waals surface area contributed by atoms with Crippen LogP contribution in [0.1, 0.15) is 56.9 Å². The summed E-state index contributed by atoms with van der Waals surface area (Å²) in [6.07, 6.45) is 6.61. The van der Waals surface area contributed by atoms with Gasteiger partial charge in [0.25, 0.3) is 0 Å². The Bertz CT molecular complexity index is 342. The fraction of sp³-hybridized carbons (Fsp3) is 0.750. The SMILES string of the molecule is CCCNC1CCC(N(C)C(C)c2cccs2)CC1. The van der Waals surface area contributed by atoms with E-state index in [0.29, 0.717) is 6.04 Å². The van der Waals surface area contributed by atoms with E-state index < -0.39 is 0 Å². The molecule has 1 N–H and O–H groups in total. The van der Waals surface area contributed by atoms with E-state index in [9.17, 15) is 0 Å². The second-order valence-corrected chi connectivity index (χ2v) is 6.80. The van der Waals surface area contributed by atoms with E-state index in [-0.39, 0.29) is 0 Å². The molecule has 19 heavy (non-hydrogen) atoms. The molecule has 1 aromatic heterocycles. The van der Waals surface area contributed by atoms with Gasteiger partial charge in [0.1, 0.15) is 0 Å². The molecule has 0 radical (unpaired) electrons. The van der Waals surface area contributed by atoms with Crippen molar-refractivity contribution in [2.24, 2.45) is 0 Å². The van der Waals surface area contributed by atoms with Gasteiger partial charge in [0.05, 0.1) is 0 Å². The van der Waals surface area contributed by atoms with Gasteiger partial charge in [-0.2, -0.15) is 0 Å². The first-order valence-corrected chi connectivity index (χ1v) is 8.59. The third-order valence-electron chi connectivity index (χ3n) is 4.52. The van der Waals surface area contributed by atoms with Gasteiger partial charge in [-0.25, -0.2) is 0 Å². The minimum absolute atomic E-state index is 0.560. The zero-order valence-electron chi connectivity index (χ0n) is 12.6. The lowest BCUT2D eigenvalue weighted by Gasteiger charge is -2.38. The highest BCUT2D eigenvalue weighted by atomic mass is 32.1. The maximum absolute atomic E-state index is 3.67. The molecule has 0 amide bonds. The number of thiophene rings is 1. The van der Waals surface area contributed by atoms with E-state index in [2.05, 4.69) is 48.6 Å². The fourth-order valence-electron chi connectivity index (χ4n) is 3.08. The van der Waals surface area contributed by atoms with Gasteiger partial charge >= 0.3 is 0 Å². The predicted molar refractivity (Wildman–Crippen MR) is 84.8 cm³/mol. The van der Waals surface area contributed by atoms with Crippen LogP contribution < -0.4 is 5.32 Å². The Morgan fingerprint density at radius 1 is 1.37 bits per heavy atom. The van der Waals surface area contributed by atoms with Crippen molar-refractivity contribution < 1.29 is 0 Å². The summed E-state index contributed by atoms with van der Waals surface area (Å²) in [6.45, 7) is 5.76. The summed E-state index contributed by atoms with van der Waals surface area (Å²) in [5, 5.41) is 5.86. The Morgan fingerprint density at radius 2 is 2.11 bits per heavy atom. The Balaban J connectivity index is 1.80. The maximum Gasteiger partial charge on any atom is 0.0413 e. The first-order valence-electron chi connectivity index (χ1n) is 7.71. The van der Waals surface area contributed by atoms with E-state index >= 15 is 0 Å². The van der Waals surface area contributed by atoms with Crippen LogP contribution >= 0.6 is 11.3 Å². The highest BCUT2D eigenvalue weighted by Gasteiger charge is 2.26. The van der Waals surface area contributed by atoms with Gasteiger partial charge in [-0.1, -0.05) is 13.0 Å². The van der Waals surface area contributed by atoms with Crippen LogP contribution in [0, 0.1) is 0 Å². The van der Waals surface area contributed by atoms with E-state index in [1.54, 1.807) is 0 Å². The second kappa shape index (κ2) is 7.41. The van der Waals surface area contributed by atoms with Crippen molar-refractivity contribution in [2.45, 2.75) is 64.1 Å². The standard InChI is InChI=1S/C16H28N2S/c1-4-11-17-14-7-9-15(10-8-14)18(3)13(2)16-6-5-12-19-16/h5-6,12-15,17H,4,7-11H2,1-3H3. The predicted octanol–water partition coefficient (Wildman–Crippen LogP) is 4.05. The van der Waals surface area contributed by atoms with Gasteiger partial charge in [-0.05, 0) is 64.1 Å². The molecule has 2 rings (SSSR count). The Labute approximate surface area is 122 Å². The topological polar surface area (TPSA) is 15.3 Å². The molecule has 0 spiro atoms. The molecule has 1 aromatic rings. The summed E-state index contributed by atoms with van der Waals surface area (Å²) in [5.41, 5.74) is 0. The average Bonchev–Trinajstić information content (AvgIpc) is 2.98. The van der Waals surface area contributed by atoms with Crippen LogP contribution in [0.3, 0.4) is 0 Å². The summed E-state index contributed by atoms with van der Waals surface area (Å²) in [6, 6.07) is 6.51. The van der Waals surface area contributed by atoms with Crippen molar-refractivity contribution >= 4 is 11.3 Å². The number of hydrogen-bond donors (Lipinski definition) is 1. The summed E-state index contributed by atoms with van der Waals surface area (Å²) >= 11 is 1.88. The van der Waals surface area contributed by atoms with E-state index in [1.807, 2.05) is 11.3 Å². The minimum atomic E-state index is 0.560. The third-order valence-corrected chi connectivity index (χ3v) is 5.56. The van der Waals surface area contributed by atoms with Crippen LogP contribution in [0.25, 0.3) is 0 Å². The van der Waals surface area contributed by atoms with Crippen LogP contribution in [-0.4, -0.2) is 30.6 Å². The summed E-state index contributed by atoms with van der Waals surface area (Å²) < 4.78 is 0. The van der Waals surface area contributed by atoms with Gasteiger partial charge in [-0.3, -0.25) is 4.90 Å². The minimum Gasteiger partial charge on any atom is -0.314 e. The summed E-state index contributed by atoms with van der Waals surface area (Å²) in [4.78, 5) is 4.08. The van der Waals surface area contributed by atoms with Crippen molar-refractivity contribution in [3.05, 3.63) is 22.4 Å². The van der Waals surface area contributed by atoms with Gasteiger partial charge in [-0.15, -0.1) is 11.3 Å². The molecule has 108 valence electrons. The van der Waals surface area contributed by atoms with Crippen LogP contribution in [0.15, 0.2) is 17.5 Å². The van der Waals surface area contributed by atoms with Gasteiger partial charge in [0, 0.05) is 23.0 Å². The zero-order chi connectivity index (χ0) is 13.7. The largest absolute Gasteiger partial charge is 0.314 e. The molecule has 1 atom stereocenters. The maximum atomic E-state index is 3.67. The summed E-state index contributed by atoms with van der Waals surface area (Å²) in [5.74, 6) is 0. The molecule has 1 heterocycles. The molecule has 1 saturated carbocycles. The molecule has 0 aromatic carbocycles. The molecule has 2 nitrogen and oxygen atoms in total. The number of hydrogen-bond acceptors (Lipinski definition) is 3. The molecule has 0 aliphatic heterocycles. The average molecular weight is 280 g/mol. The lowest BCUT2D eigenvalue weighted by Crippen LogP contribution is -2.41. The third kappa shape index (κ3) is 4.04. The number of nitrogens with one attached hydrogen (secondary N) is 1. The van der Waals surface area contributed by atoms with Crippen molar-refractivity contribution in [2.75, 3.05) is 13.6 Å². The molecule has 3 heteroatoms. The van der Waals surface area contributed by atoms with Gasteiger partial charge in [0.15, 0.2) is 0 Å². The van der Waals surface area contributed by atoms with Crippen molar-refractivity contribution in [1.82, 2.24) is 10.2 Å². The van der Waals surface area contributed by atoms with Crippen molar-refractivity contribution in [3.63, 3.8) is 0 Å². The molecule has 0 saturated heterocycles. The molecular weight excluding hydrogens is 252 g/mol. The van der Waals surface area contributed by atoms with Gasteiger partial charge < -0.3 is 5.32 Å². The first-order chi connectivity index (χ1) is 9.22. The molecule has 1 unspecified atom stereocenters. The Morgan fingerprint density at radius 3 is 2.68 bits per heavy atom. The lowest BCUT2D eigenvalue weighted by molar-refractivity contribution is 0.136. The lowest BCUT2D eigenvalue weighted by atomic mass is 9.89. The Kier molecular flexibility index (Phi) is 5.86.